The fraction of sp³-hybridized carbons (Fsp3) is 0.800. The molecule has 5 nitrogen and oxygen atoms in total. The van der Waals surface area contributed by atoms with Crippen LogP contribution >= 0.6 is 6.72 Å². The van der Waals surface area contributed by atoms with Gasteiger partial charge in [0.25, 0.3) is 0 Å². The second-order valence-electron chi connectivity index (χ2n) is 2.01. The Bertz CT molecular complexity index is 200. The molecule has 0 saturated heterocycles. The smallest absolute Gasteiger partial charge is 0.382 e. The number of hydrogen-bond donors (Lipinski definition) is 1. The van der Waals surface area contributed by atoms with E-state index in [2.05, 4.69) is 0 Å². The Labute approximate surface area is 76.4 Å². The summed E-state index contributed by atoms with van der Waals surface area (Å²) in [6.45, 7) is -1.39. The normalized spacial score (nSPS) is 14.0. The Morgan fingerprint density at radius 1 is 1.50 bits per heavy atom. The number of nitrogens with two attached hydrogens (primary N) is 1. The van der Waals surface area contributed by atoms with Crippen LogP contribution in [0.25, 0.3) is 0 Å². The van der Waals surface area contributed by atoms with Crippen molar-refractivity contribution in [3.8, 4) is 0 Å². The summed E-state index contributed by atoms with van der Waals surface area (Å²) in [5, 5.41) is 0. The van der Waals surface area contributed by atoms with E-state index < -0.39 is 18.7 Å². The molecule has 0 fully saturated rings. The lowest BCUT2D eigenvalue weighted by molar-refractivity contribution is -0.136. The molecule has 72 valence electrons. The van der Waals surface area contributed by atoms with Gasteiger partial charge in [0.2, 0.25) is 0 Å². The van der Waals surface area contributed by atoms with Crippen LogP contribution in [0.1, 0.15) is 6.92 Å². The van der Waals surface area contributed by atoms with Gasteiger partial charge in [-0.05, 0) is 6.92 Å². The van der Waals surface area contributed by atoms with Crippen LogP contribution in [0, 0.1) is 0 Å². The van der Waals surface area contributed by atoms with Gasteiger partial charge in [-0.1, -0.05) is 0 Å². The van der Waals surface area contributed by atoms with Crippen molar-refractivity contribution in [1.82, 2.24) is 0 Å². The Morgan fingerprint density at radius 2 is 1.92 bits per heavy atom. The van der Waals surface area contributed by atoms with E-state index in [1.807, 2.05) is 0 Å². The minimum atomic E-state index is -2.89. The van der Waals surface area contributed by atoms with E-state index in [-0.39, 0.29) is 0 Å². The van der Waals surface area contributed by atoms with Crippen molar-refractivity contribution in [3.05, 3.63) is 0 Å². The highest BCUT2D eigenvalue weighted by atomic mass is 32.5. The lowest BCUT2D eigenvalue weighted by atomic mass is 10.4. The number of carbonyl (C=O) groups excluding carboxylic acids is 1. The Morgan fingerprint density at radius 3 is 2.17 bits per heavy atom. The van der Waals surface area contributed by atoms with Crippen LogP contribution in [0.2, 0.25) is 0 Å². The minimum Gasteiger partial charge on any atom is -0.390 e. The van der Waals surface area contributed by atoms with Crippen LogP contribution in [-0.4, -0.2) is 26.2 Å². The first-order valence-corrected chi connectivity index (χ1v) is 5.71. The van der Waals surface area contributed by atoms with Gasteiger partial charge < -0.3 is 19.3 Å². The van der Waals surface area contributed by atoms with E-state index in [4.69, 9.17) is 31.1 Å². The summed E-state index contributed by atoms with van der Waals surface area (Å²) in [5.41, 5.74) is 5.24. The van der Waals surface area contributed by atoms with Crippen molar-refractivity contribution in [2.45, 2.75) is 13.0 Å². The third-order valence-electron chi connectivity index (χ3n) is 1.02. The topological polar surface area (TPSA) is 70.8 Å². The van der Waals surface area contributed by atoms with Crippen molar-refractivity contribution < 1.29 is 18.4 Å². The predicted octanol–water partition coefficient (Wildman–Crippen LogP) is 0.394. The van der Waals surface area contributed by atoms with E-state index in [0.29, 0.717) is 0 Å². The van der Waals surface area contributed by atoms with Crippen molar-refractivity contribution in [1.29, 1.82) is 0 Å². The molecule has 0 rings (SSSR count). The maximum absolute atomic E-state index is 10.9. The van der Waals surface area contributed by atoms with Crippen molar-refractivity contribution >= 4 is 24.5 Å². The first-order valence-electron chi connectivity index (χ1n) is 3.15. The highest BCUT2D eigenvalue weighted by Gasteiger charge is 2.23. The molecule has 0 amide bonds. The second kappa shape index (κ2) is 4.89. The molecular weight excluding hydrogens is 201 g/mol. The zero-order chi connectivity index (χ0) is 9.78. The molecular formula is C5H12NO4PS. The molecule has 7 heteroatoms. The van der Waals surface area contributed by atoms with Crippen LogP contribution < -0.4 is 5.73 Å². The van der Waals surface area contributed by atoms with Gasteiger partial charge in [0.05, 0.1) is 0 Å². The van der Waals surface area contributed by atoms with Crippen LogP contribution in [0.15, 0.2) is 0 Å². The van der Waals surface area contributed by atoms with Gasteiger partial charge in [0, 0.05) is 26.0 Å². The average molecular weight is 213 g/mol. The third kappa shape index (κ3) is 3.60. The molecule has 2 N–H and O–H groups in total. The summed E-state index contributed by atoms with van der Waals surface area (Å²) >= 11 is 4.77. The van der Waals surface area contributed by atoms with Crippen LogP contribution in [0.5, 0.6) is 0 Å². The van der Waals surface area contributed by atoms with Crippen LogP contribution in [0.3, 0.4) is 0 Å². The summed E-state index contributed by atoms with van der Waals surface area (Å²) < 4.78 is 14.1. The quantitative estimate of drug-likeness (QED) is 0.681. The average Bonchev–Trinajstić information content (AvgIpc) is 2.04. The number of rotatable bonds is 4. The van der Waals surface area contributed by atoms with Gasteiger partial charge in [-0.25, -0.2) is 0 Å². The molecule has 0 aromatic rings. The number of carbonyl (C=O) groups is 1. The van der Waals surface area contributed by atoms with E-state index in [1.165, 1.54) is 21.1 Å². The molecule has 0 radical (unpaired) electrons. The van der Waals surface area contributed by atoms with Gasteiger partial charge in [-0.2, -0.15) is 0 Å². The van der Waals surface area contributed by atoms with E-state index in [1.54, 1.807) is 0 Å². The molecule has 12 heavy (non-hydrogen) atoms. The highest BCUT2D eigenvalue weighted by molar-refractivity contribution is 8.07. The standard InChI is InChI=1S/C5H12NO4PS/c1-4(6)5(7)10-11(12,8-2)9-3/h4H,6H2,1-3H3/t4-/m0/s1. The molecule has 0 heterocycles. The Kier molecular flexibility index (Phi) is 4.89. The molecule has 0 aliphatic heterocycles. The van der Waals surface area contributed by atoms with Gasteiger partial charge in [0.15, 0.2) is 0 Å². The summed E-state index contributed by atoms with van der Waals surface area (Å²) in [7, 11) is 2.64. The molecule has 0 aliphatic rings. The van der Waals surface area contributed by atoms with Gasteiger partial charge >= 0.3 is 12.7 Å². The molecule has 0 saturated carbocycles. The van der Waals surface area contributed by atoms with Gasteiger partial charge in [0.1, 0.15) is 6.04 Å². The second-order valence-corrected chi connectivity index (χ2v) is 5.16. The molecule has 0 aliphatic carbocycles. The van der Waals surface area contributed by atoms with E-state index in [9.17, 15) is 4.79 Å². The molecule has 0 spiro atoms. The Hall–Kier alpha value is -0.0000000000000000763. The zero-order valence-corrected chi connectivity index (χ0v) is 8.85. The summed E-state index contributed by atoms with van der Waals surface area (Å²) in [5.74, 6) is -0.623. The first-order chi connectivity index (χ1) is 5.45. The zero-order valence-electron chi connectivity index (χ0n) is 7.14. The lowest BCUT2D eigenvalue weighted by Gasteiger charge is -2.17. The molecule has 1 atom stereocenters. The van der Waals surface area contributed by atoms with Crippen molar-refractivity contribution in [3.63, 3.8) is 0 Å². The van der Waals surface area contributed by atoms with Crippen molar-refractivity contribution in [2.24, 2.45) is 5.73 Å². The minimum absolute atomic E-state index is 0.623. The fourth-order valence-electron chi connectivity index (χ4n) is 0.342. The maximum Gasteiger partial charge on any atom is 0.382 e. The summed E-state index contributed by atoms with van der Waals surface area (Å²) in [6, 6.07) is -0.724. The lowest BCUT2D eigenvalue weighted by Crippen LogP contribution is -2.28. The fourth-order valence-corrected chi connectivity index (χ4v) is 1.25. The summed E-state index contributed by atoms with van der Waals surface area (Å²) in [6.07, 6.45) is 0. The molecule has 0 aromatic heterocycles. The third-order valence-corrected chi connectivity index (χ3v) is 3.44. The highest BCUT2D eigenvalue weighted by Crippen LogP contribution is 2.48. The predicted molar refractivity (Wildman–Crippen MR) is 48.0 cm³/mol. The van der Waals surface area contributed by atoms with E-state index in [0.717, 1.165) is 0 Å². The largest absolute Gasteiger partial charge is 0.390 e. The van der Waals surface area contributed by atoms with E-state index >= 15 is 0 Å². The summed E-state index contributed by atoms with van der Waals surface area (Å²) in [4.78, 5) is 10.9. The molecule has 0 unspecified atom stereocenters. The van der Waals surface area contributed by atoms with Crippen molar-refractivity contribution in [2.75, 3.05) is 14.2 Å². The number of hydrogen-bond acceptors (Lipinski definition) is 6. The van der Waals surface area contributed by atoms with Gasteiger partial charge in [-0.15, -0.1) is 0 Å². The molecule has 0 bridgehead atoms. The maximum atomic E-state index is 10.9. The Balaban J connectivity index is 4.23. The monoisotopic (exact) mass is 213 g/mol. The first kappa shape index (κ1) is 12.0. The van der Waals surface area contributed by atoms with Crippen LogP contribution in [0.4, 0.5) is 0 Å². The molecule has 0 aromatic carbocycles. The van der Waals surface area contributed by atoms with Gasteiger partial charge in [-0.3, -0.25) is 4.79 Å². The van der Waals surface area contributed by atoms with Crippen LogP contribution in [-0.2, 0) is 30.2 Å². The SMILES string of the molecule is COP(=S)(OC)OC(=O)[C@H](C)N.